The average Bonchev–Trinajstić information content (AvgIpc) is 2.38. The predicted molar refractivity (Wildman–Crippen MR) is 75.9 cm³/mol. The van der Waals surface area contributed by atoms with Crippen molar-refractivity contribution in [3.8, 4) is 0 Å². The van der Waals surface area contributed by atoms with E-state index in [-0.39, 0.29) is 0 Å². The van der Waals surface area contributed by atoms with Crippen LogP contribution in [0.4, 0.5) is 0 Å². The second kappa shape index (κ2) is 6.23. The first-order valence-electron chi connectivity index (χ1n) is 5.67. The molecule has 0 aliphatic rings. The highest BCUT2D eigenvalue weighted by molar-refractivity contribution is 7.98. The summed E-state index contributed by atoms with van der Waals surface area (Å²) in [5, 5.41) is 11.3. The number of hydrogen-bond acceptors (Lipinski definition) is 3. The summed E-state index contributed by atoms with van der Waals surface area (Å²) in [5.74, 6) is 0.813. The van der Waals surface area contributed by atoms with Crippen LogP contribution in [0.25, 0.3) is 0 Å². The number of aliphatic hydroxyl groups is 1. The van der Waals surface area contributed by atoms with E-state index in [1.54, 1.807) is 24.9 Å². The number of nitrogens with zero attached hydrogens (tertiary/aromatic N) is 1. The fourth-order valence-electron chi connectivity index (χ4n) is 1.57. The molecule has 0 aliphatic heterocycles. The molecule has 1 aromatic carbocycles. The molecule has 4 heteroatoms. The molecule has 1 atom stereocenters. The number of hydrogen-bond donors (Lipinski definition) is 1. The number of aromatic nitrogens is 1. The molecule has 1 heterocycles. The standard InChI is InChI=1S/C14H14ClNOS/c1-10(17)13-3-2-8-16-14(13)18-9-11-4-6-12(15)7-5-11/h2-8,10,17H,9H2,1H3. The normalized spacial score (nSPS) is 12.4. The maximum atomic E-state index is 9.67. The van der Waals surface area contributed by atoms with Crippen LogP contribution in [0.3, 0.4) is 0 Å². The summed E-state index contributed by atoms with van der Waals surface area (Å²) in [6, 6.07) is 11.5. The highest BCUT2D eigenvalue weighted by atomic mass is 35.5. The first-order chi connectivity index (χ1) is 8.66. The van der Waals surface area contributed by atoms with Gasteiger partial charge in [-0.15, -0.1) is 11.8 Å². The van der Waals surface area contributed by atoms with Gasteiger partial charge < -0.3 is 5.11 Å². The molecular formula is C14H14ClNOS. The lowest BCUT2D eigenvalue weighted by atomic mass is 10.2. The second-order valence-electron chi connectivity index (χ2n) is 3.99. The van der Waals surface area contributed by atoms with Crippen molar-refractivity contribution >= 4 is 23.4 Å². The van der Waals surface area contributed by atoms with Crippen LogP contribution in [0, 0.1) is 0 Å². The Morgan fingerprint density at radius 3 is 2.67 bits per heavy atom. The number of halogens is 1. The lowest BCUT2D eigenvalue weighted by Crippen LogP contribution is -1.96. The molecule has 1 aromatic heterocycles. The molecule has 0 fully saturated rings. The van der Waals surface area contributed by atoms with E-state index in [1.807, 2.05) is 36.4 Å². The Kier molecular flexibility index (Phi) is 4.64. The van der Waals surface area contributed by atoms with Crippen LogP contribution in [0.1, 0.15) is 24.2 Å². The lowest BCUT2D eigenvalue weighted by Gasteiger charge is -2.10. The van der Waals surface area contributed by atoms with Gasteiger partial charge in [-0.1, -0.05) is 29.8 Å². The van der Waals surface area contributed by atoms with Crippen LogP contribution >= 0.6 is 23.4 Å². The second-order valence-corrected chi connectivity index (χ2v) is 5.39. The molecule has 0 aliphatic carbocycles. The molecule has 18 heavy (non-hydrogen) atoms. The van der Waals surface area contributed by atoms with Gasteiger partial charge in [0, 0.05) is 22.5 Å². The van der Waals surface area contributed by atoms with Crippen LogP contribution in [-0.4, -0.2) is 10.1 Å². The molecule has 1 unspecified atom stereocenters. The monoisotopic (exact) mass is 279 g/mol. The van der Waals surface area contributed by atoms with Crippen molar-refractivity contribution in [2.75, 3.05) is 0 Å². The molecule has 1 N–H and O–H groups in total. The number of aliphatic hydroxyl groups excluding tert-OH is 1. The van der Waals surface area contributed by atoms with Gasteiger partial charge in [0.2, 0.25) is 0 Å². The first kappa shape index (κ1) is 13.4. The highest BCUT2D eigenvalue weighted by Gasteiger charge is 2.09. The molecule has 2 aromatic rings. The molecule has 94 valence electrons. The average molecular weight is 280 g/mol. The summed E-state index contributed by atoms with van der Waals surface area (Å²) in [6.07, 6.45) is 1.25. The topological polar surface area (TPSA) is 33.1 Å². The Morgan fingerprint density at radius 2 is 2.00 bits per heavy atom. The van der Waals surface area contributed by atoms with Crippen LogP contribution in [0.15, 0.2) is 47.6 Å². The van der Waals surface area contributed by atoms with E-state index in [4.69, 9.17) is 11.6 Å². The van der Waals surface area contributed by atoms with Gasteiger partial charge in [-0.2, -0.15) is 0 Å². The predicted octanol–water partition coefficient (Wildman–Crippen LogP) is 4.08. The minimum atomic E-state index is -0.494. The van der Waals surface area contributed by atoms with Gasteiger partial charge >= 0.3 is 0 Å². The van der Waals surface area contributed by atoms with Gasteiger partial charge in [0.15, 0.2) is 0 Å². The first-order valence-corrected chi connectivity index (χ1v) is 7.03. The largest absolute Gasteiger partial charge is 0.389 e. The van der Waals surface area contributed by atoms with Gasteiger partial charge in [0.1, 0.15) is 5.03 Å². The van der Waals surface area contributed by atoms with Crippen molar-refractivity contribution in [1.82, 2.24) is 4.98 Å². The van der Waals surface area contributed by atoms with Gasteiger partial charge in [-0.05, 0) is 30.7 Å². The quantitative estimate of drug-likeness (QED) is 0.856. The van der Waals surface area contributed by atoms with E-state index < -0.39 is 6.10 Å². The zero-order valence-electron chi connectivity index (χ0n) is 10.0. The molecule has 0 saturated carbocycles. The Morgan fingerprint density at radius 1 is 1.28 bits per heavy atom. The molecule has 0 amide bonds. The van der Waals surface area contributed by atoms with Crippen LogP contribution in [0.5, 0.6) is 0 Å². The molecule has 0 saturated heterocycles. The number of benzene rings is 1. The minimum absolute atomic E-state index is 0.494. The van der Waals surface area contributed by atoms with Crippen molar-refractivity contribution in [3.63, 3.8) is 0 Å². The number of thioether (sulfide) groups is 1. The van der Waals surface area contributed by atoms with E-state index in [0.29, 0.717) is 0 Å². The smallest absolute Gasteiger partial charge is 0.102 e. The molecule has 2 rings (SSSR count). The van der Waals surface area contributed by atoms with E-state index in [1.165, 1.54) is 5.56 Å². The van der Waals surface area contributed by atoms with Crippen molar-refractivity contribution in [1.29, 1.82) is 0 Å². The van der Waals surface area contributed by atoms with Crippen LogP contribution < -0.4 is 0 Å². The summed E-state index contributed by atoms with van der Waals surface area (Å²) in [7, 11) is 0. The van der Waals surface area contributed by atoms with E-state index in [0.717, 1.165) is 21.4 Å². The Bertz CT molecular complexity index is 513. The third-order valence-electron chi connectivity index (χ3n) is 2.54. The fourth-order valence-corrected chi connectivity index (χ4v) is 2.74. The maximum absolute atomic E-state index is 9.67. The van der Waals surface area contributed by atoms with Crippen LogP contribution in [-0.2, 0) is 5.75 Å². The summed E-state index contributed by atoms with van der Waals surface area (Å²) in [6.45, 7) is 1.75. The van der Waals surface area contributed by atoms with Gasteiger partial charge in [0.05, 0.1) is 6.10 Å². The molecule has 2 nitrogen and oxygen atoms in total. The zero-order valence-corrected chi connectivity index (χ0v) is 11.6. The summed E-state index contributed by atoms with van der Waals surface area (Å²) in [5.41, 5.74) is 2.06. The summed E-state index contributed by atoms with van der Waals surface area (Å²) < 4.78 is 0. The third kappa shape index (κ3) is 3.48. The van der Waals surface area contributed by atoms with E-state index in [9.17, 15) is 5.11 Å². The Balaban J connectivity index is 2.08. The van der Waals surface area contributed by atoms with Crippen LogP contribution in [0.2, 0.25) is 5.02 Å². The molecule has 0 radical (unpaired) electrons. The lowest BCUT2D eigenvalue weighted by molar-refractivity contribution is 0.195. The van der Waals surface area contributed by atoms with Crippen molar-refractivity contribution in [2.45, 2.75) is 23.8 Å². The number of rotatable bonds is 4. The minimum Gasteiger partial charge on any atom is -0.389 e. The highest BCUT2D eigenvalue weighted by Crippen LogP contribution is 2.28. The Hall–Kier alpha value is -1.03. The van der Waals surface area contributed by atoms with E-state index in [2.05, 4.69) is 4.98 Å². The van der Waals surface area contributed by atoms with Gasteiger partial charge in [0.25, 0.3) is 0 Å². The summed E-state index contributed by atoms with van der Waals surface area (Å²) in [4.78, 5) is 4.31. The molecule has 0 bridgehead atoms. The van der Waals surface area contributed by atoms with E-state index >= 15 is 0 Å². The van der Waals surface area contributed by atoms with Gasteiger partial charge in [-0.3, -0.25) is 0 Å². The zero-order chi connectivity index (χ0) is 13.0. The maximum Gasteiger partial charge on any atom is 0.102 e. The Labute approximate surface area is 116 Å². The number of pyridine rings is 1. The van der Waals surface area contributed by atoms with Crippen molar-refractivity contribution in [2.24, 2.45) is 0 Å². The fraction of sp³-hybridized carbons (Fsp3) is 0.214. The molecule has 0 spiro atoms. The van der Waals surface area contributed by atoms with Crippen molar-refractivity contribution < 1.29 is 5.11 Å². The summed E-state index contributed by atoms with van der Waals surface area (Å²) >= 11 is 7.46. The third-order valence-corrected chi connectivity index (χ3v) is 3.88. The molecular weight excluding hydrogens is 266 g/mol. The SMILES string of the molecule is CC(O)c1cccnc1SCc1ccc(Cl)cc1. The van der Waals surface area contributed by atoms with Crippen molar-refractivity contribution in [3.05, 3.63) is 58.7 Å². The van der Waals surface area contributed by atoms with Gasteiger partial charge in [-0.25, -0.2) is 4.98 Å².